The Kier molecular flexibility index (Phi) is 8.09. The molecule has 2 aliphatic rings. The Morgan fingerprint density at radius 1 is 1.31 bits per heavy atom. The van der Waals surface area contributed by atoms with E-state index in [1.165, 1.54) is 12.1 Å². The van der Waals surface area contributed by atoms with Crippen molar-refractivity contribution in [2.75, 3.05) is 39.5 Å². The van der Waals surface area contributed by atoms with Gasteiger partial charge in [-0.15, -0.1) is 12.4 Å². The van der Waals surface area contributed by atoms with E-state index in [0.717, 1.165) is 38.4 Å². The Bertz CT molecular complexity index is 677. The molecule has 26 heavy (non-hydrogen) atoms. The van der Waals surface area contributed by atoms with Crippen molar-refractivity contribution in [2.24, 2.45) is 11.8 Å². The summed E-state index contributed by atoms with van der Waals surface area (Å²) in [4.78, 5) is -0.0784. The normalized spacial score (nSPS) is 23.4. The first-order valence-corrected chi connectivity index (χ1v) is 10.2. The monoisotopic (exact) mass is 408 g/mol. The van der Waals surface area contributed by atoms with Crippen LogP contribution in [0.3, 0.4) is 0 Å². The second-order valence-electron chi connectivity index (χ2n) is 6.70. The zero-order valence-corrected chi connectivity index (χ0v) is 16.2. The molecule has 6 nitrogen and oxygen atoms in total. The van der Waals surface area contributed by atoms with E-state index < -0.39 is 15.8 Å². The van der Waals surface area contributed by atoms with E-state index in [9.17, 15) is 12.8 Å². The van der Waals surface area contributed by atoms with E-state index in [1.807, 2.05) is 0 Å². The highest BCUT2D eigenvalue weighted by molar-refractivity contribution is 7.89. The molecular weight excluding hydrogens is 383 g/mol. The van der Waals surface area contributed by atoms with Gasteiger partial charge in [-0.1, -0.05) is 0 Å². The third kappa shape index (κ3) is 5.79. The maximum absolute atomic E-state index is 14.2. The maximum Gasteiger partial charge on any atom is 0.240 e. The molecule has 0 spiro atoms. The number of sulfonamides is 1. The Labute approximate surface area is 160 Å². The van der Waals surface area contributed by atoms with E-state index in [4.69, 9.17) is 9.47 Å². The van der Waals surface area contributed by atoms with Gasteiger partial charge in [-0.2, -0.15) is 0 Å². The topological polar surface area (TPSA) is 76.7 Å². The molecule has 0 bridgehead atoms. The van der Waals surface area contributed by atoms with Crippen LogP contribution in [-0.4, -0.2) is 47.9 Å². The number of nitrogens with one attached hydrogen (secondary N) is 2. The van der Waals surface area contributed by atoms with Gasteiger partial charge in [0.25, 0.3) is 0 Å². The van der Waals surface area contributed by atoms with Crippen LogP contribution in [0.25, 0.3) is 0 Å². The molecule has 3 rings (SSSR count). The Morgan fingerprint density at radius 2 is 2.15 bits per heavy atom. The quantitative estimate of drug-likeness (QED) is 0.721. The Morgan fingerprint density at radius 3 is 2.81 bits per heavy atom. The number of benzene rings is 1. The lowest BCUT2D eigenvalue weighted by Crippen LogP contribution is -2.38. The summed E-state index contributed by atoms with van der Waals surface area (Å²) in [7, 11) is -3.72. The third-order valence-corrected chi connectivity index (χ3v) is 6.09. The highest BCUT2D eigenvalue weighted by atomic mass is 35.5. The Hall–Kier alpha value is -0.930. The van der Waals surface area contributed by atoms with E-state index in [0.29, 0.717) is 26.4 Å². The van der Waals surface area contributed by atoms with Crippen LogP contribution in [0.5, 0.6) is 5.75 Å². The van der Waals surface area contributed by atoms with Crippen LogP contribution in [0.2, 0.25) is 0 Å². The van der Waals surface area contributed by atoms with Gasteiger partial charge in [-0.25, -0.2) is 17.5 Å². The number of hydrogen-bond acceptors (Lipinski definition) is 5. The molecule has 9 heteroatoms. The summed E-state index contributed by atoms with van der Waals surface area (Å²) in [6.45, 7) is 3.83. The third-order valence-electron chi connectivity index (χ3n) is 4.67. The molecule has 1 aromatic carbocycles. The minimum atomic E-state index is -3.72. The minimum Gasteiger partial charge on any atom is -0.490 e. The number of halogens is 2. The fraction of sp³-hybridized carbons (Fsp3) is 0.647. The molecule has 2 heterocycles. The summed E-state index contributed by atoms with van der Waals surface area (Å²) in [6.07, 6.45) is 2.93. The van der Waals surface area contributed by atoms with Crippen molar-refractivity contribution < 1.29 is 22.3 Å². The van der Waals surface area contributed by atoms with Crippen LogP contribution in [0.15, 0.2) is 23.1 Å². The smallest absolute Gasteiger partial charge is 0.240 e. The molecule has 0 saturated carbocycles. The summed E-state index contributed by atoms with van der Waals surface area (Å²) < 4.78 is 52.2. The first-order valence-electron chi connectivity index (χ1n) is 8.75. The largest absolute Gasteiger partial charge is 0.490 e. The molecule has 2 fully saturated rings. The number of piperidine rings is 1. The summed E-state index contributed by atoms with van der Waals surface area (Å²) in [5.41, 5.74) is 0. The first kappa shape index (κ1) is 21.4. The van der Waals surface area contributed by atoms with Gasteiger partial charge in [0.05, 0.1) is 18.1 Å². The maximum atomic E-state index is 14.2. The lowest BCUT2D eigenvalue weighted by molar-refractivity contribution is 0.165. The molecule has 1 aromatic rings. The van der Waals surface area contributed by atoms with Gasteiger partial charge >= 0.3 is 0 Å². The van der Waals surface area contributed by atoms with E-state index >= 15 is 0 Å². The standard InChI is InChI=1S/C17H25FN2O4S.ClH/c18-16-8-15(3-4-17(16)24-12-14-5-7-23-11-14)25(21,22)20-10-13-2-1-6-19-9-13;/h3-4,8,13-14,19-20H,1-2,5-7,9-12H2;1H. The summed E-state index contributed by atoms with van der Waals surface area (Å²) in [5, 5.41) is 3.24. The van der Waals surface area contributed by atoms with Crippen LogP contribution >= 0.6 is 12.4 Å². The van der Waals surface area contributed by atoms with E-state index in [1.54, 1.807) is 0 Å². The highest BCUT2D eigenvalue weighted by Crippen LogP contribution is 2.23. The molecule has 2 unspecified atom stereocenters. The first-order chi connectivity index (χ1) is 12.0. The van der Waals surface area contributed by atoms with Crippen molar-refractivity contribution >= 4 is 22.4 Å². The molecule has 2 N–H and O–H groups in total. The molecule has 0 amide bonds. The van der Waals surface area contributed by atoms with Crippen molar-refractivity contribution in [1.29, 1.82) is 0 Å². The molecule has 2 aliphatic heterocycles. The molecular formula is C17H26ClFN2O4S. The van der Waals surface area contributed by atoms with Gasteiger partial charge in [0, 0.05) is 19.1 Å². The van der Waals surface area contributed by atoms with E-state index in [2.05, 4.69) is 10.0 Å². The zero-order valence-electron chi connectivity index (χ0n) is 14.6. The fourth-order valence-electron chi connectivity index (χ4n) is 3.10. The van der Waals surface area contributed by atoms with Gasteiger partial charge in [0.15, 0.2) is 11.6 Å². The highest BCUT2D eigenvalue weighted by Gasteiger charge is 2.21. The molecule has 2 atom stereocenters. The lowest BCUT2D eigenvalue weighted by Gasteiger charge is -2.22. The minimum absolute atomic E-state index is 0. The van der Waals surface area contributed by atoms with Gasteiger partial charge < -0.3 is 14.8 Å². The van der Waals surface area contributed by atoms with Crippen molar-refractivity contribution in [2.45, 2.75) is 24.2 Å². The number of ether oxygens (including phenoxy) is 2. The summed E-state index contributed by atoms with van der Waals surface area (Å²) in [6, 6.07) is 3.77. The van der Waals surface area contributed by atoms with E-state index in [-0.39, 0.29) is 34.9 Å². The second kappa shape index (κ2) is 9.85. The molecule has 0 aliphatic carbocycles. The predicted octanol–water partition coefficient (Wildman–Crippen LogP) is 1.94. The summed E-state index contributed by atoms with van der Waals surface area (Å²) >= 11 is 0. The molecule has 148 valence electrons. The summed E-state index contributed by atoms with van der Waals surface area (Å²) in [5.74, 6) is -0.0679. The van der Waals surface area contributed by atoms with Crippen molar-refractivity contribution in [3.8, 4) is 5.75 Å². The predicted molar refractivity (Wildman–Crippen MR) is 98.9 cm³/mol. The van der Waals surface area contributed by atoms with Gasteiger partial charge in [0.1, 0.15) is 0 Å². The average molecular weight is 409 g/mol. The average Bonchev–Trinajstić information content (AvgIpc) is 3.13. The van der Waals surface area contributed by atoms with Crippen molar-refractivity contribution in [3.63, 3.8) is 0 Å². The number of rotatable bonds is 7. The fourth-order valence-corrected chi connectivity index (χ4v) is 4.22. The molecule has 2 saturated heterocycles. The van der Waals surface area contributed by atoms with Gasteiger partial charge in [-0.05, 0) is 56.5 Å². The molecule has 0 radical (unpaired) electrons. The SMILES string of the molecule is Cl.O=S(=O)(NCC1CCCNC1)c1ccc(OCC2CCOC2)c(F)c1. The van der Waals surface area contributed by atoms with Crippen LogP contribution in [-0.2, 0) is 14.8 Å². The van der Waals surface area contributed by atoms with Crippen LogP contribution in [0.1, 0.15) is 19.3 Å². The zero-order chi connectivity index (χ0) is 17.7. The van der Waals surface area contributed by atoms with Crippen molar-refractivity contribution in [1.82, 2.24) is 10.0 Å². The van der Waals surface area contributed by atoms with Crippen LogP contribution < -0.4 is 14.8 Å². The number of hydrogen-bond donors (Lipinski definition) is 2. The second-order valence-corrected chi connectivity index (χ2v) is 8.46. The van der Waals surface area contributed by atoms with Gasteiger partial charge in [0.2, 0.25) is 10.0 Å². The van der Waals surface area contributed by atoms with Crippen LogP contribution in [0.4, 0.5) is 4.39 Å². The lowest BCUT2D eigenvalue weighted by atomic mass is 10.0. The Balaban J connectivity index is 0.00000243. The van der Waals surface area contributed by atoms with Crippen molar-refractivity contribution in [3.05, 3.63) is 24.0 Å². The molecule has 0 aromatic heterocycles. The van der Waals surface area contributed by atoms with Gasteiger partial charge in [-0.3, -0.25) is 0 Å². The van der Waals surface area contributed by atoms with Crippen LogP contribution in [0, 0.1) is 17.7 Å².